The molecule has 8 heteroatoms. The molecule has 2 unspecified atom stereocenters. The number of aliphatic carboxylic acids is 1. The molecular weight excluding hydrogens is 247 g/mol. The van der Waals surface area contributed by atoms with Gasteiger partial charge in [0, 0.05) is 0 Å². The zero-order valence-corrected chi connectivity index (χ0v) is 9.78. The average Bonchev–Trinajstić information content (AvgIpc) is 2.28. The van der Waals surface area contributed by atoms with Gasteiger partial charge >= 0.3 is 98.4 Å². The molecule has 0 aliphatic carbocycles. The van der Waals surface area contributed by atoms with Gasteiger partial charge in [-0.1, -0.05) is 0 Å². The van der Waals surface area contributed by atoms with Crippen LogP contribution in [0.4, 0.5) is 0 Å². The Morgan fingerprint density at radius 2 is 2.29 bits per heavy atom. The van der Waals surface area contributed by atoms with Crippen LogP contribution in [0.2, 0.25) is 0 Å². The fourth-order valence-corrected chi connectivity index (χ4v) is 1.63. The molecule has 3 N–H and O–H groups in total. The third kappa shape index (κ3) is 4.15. The first-order valence-corrected chi connectivity index (χ1v) is 5.76. The summed E-state index contributed by atoms with van der Waals surface area (Å²) in [6.45, 7) is -0.229. The predicted molar refractivity (Wildman–Crippen MR) is 58.5 cm³/mol. The van der Waals surface area contributed by atoms with E-state index in [9.17, 15) is 14.4 Å². The summed E-state index contributed by atoms with van der Waals surface area (Å²) in [6.07, 6.45) is 5.23. The number of β-lactam (4-membered cyclic amide) rings is 1. The Balaban J connectivity index is 2.35. The molecule has 1 aliphatic rings. The van der Waals surface area contributed by atoms with Crippen molar-refractivity contribution in [1.29, 1.82) is 0 Å². The molecule has 1 rings (SSSR count). The Bertz CT molecular complexity index is 378. The van der Waals surface area contributed by atoms with Crippen molar-refractivity contribution in [3.63, 3.8) is 0 Å². The van der Waals surface area contributed by atoms with Gasteiger partial charge in [-0.25, -0.2) is 0 Å². The first-order valence-electron chi connectivity index (χ1n) is 4.88. The summed E-state index contributed by atoms with van der Waals surface area (Å²) in [5.41, 5.74) is 0. The Morgan fingerprint density at radius 3 is 2.82 bits per heavy atom. The zero-order valence-electron chi connectivity index (χ0n) is 8.88. The molecule has 0 saturated carbocycles. The van der Waals surface area contributed by atoms with Gasteiger partial charge in [-0.3, -0.25) is 0 Å². The second kappa shape index (κ2) is 6.35. The molecule has 0 aromatic carbocycles. The Morgan fingerprint density at radius 1 is 1.59 bits per heavy atom. The van der Waals surface area contributed by atoms with Gasteiger partial charge in [0.2, 0.25) is 0 Å². The predicted octanol–water partition coefficient (Wildman–Crippen LogP) is -0.699. The van der Waals surface area contributed by atoms with Crippen LogP contribution in [0, 0.1) is 6.13 Å². The summed E-state index contributed by atoms with van der Waals surface area (Å²) in [5, 5.41) is 13.5. The van der Waals surface area contributed by atoms with Crippen LogP contribution in [0.5, 0.6) is 0 Å². The van der Waals surface area contributed by atoms with Crippen LogP contribution >= 0.6 is 8.26 Å². The maximum absolute atomic E-state index is 11.2. The first kappa shape index (κ1) is 13.6. The van der Waals surface area contributed by atoms with E-state index >= 15 is 0 Å². The summed E-state index contributed by atoms with van der Waals surface area (Å²) < 4.78 is 4.65. The molecule has 0 aromatic rings. The minimum absolute atomic E-state index is 0.0603. The van der Waals surface area contributed by atoms with Crippen molar-refractivity contribution in [2.75, 3.05) is 6.61 Å². The van der Waals surface area contributed by atoms with Crippen molar-refractivity contribution < 1.29 is 24.0 Å². The summed E-state index contributed by atoms with van der Waals surface area (Å²) in [6, 6.07) is -1.02. The molecule has 1 fully saturated rings. The topological polar surface area (TPSA) is 105 Å². The van der Waals surface area contributed by atoms with Crippen molar-refractivity contribution >= 4 is 26.0 Å². The van der Waals surface area contributed by atoms with E-state index in [1.54, 1.807) is 0 Å². The average molecular weight is 259 g/mol. The SMILES string of the molecule is C#[P+]OCC(=O)NC1C(=O)NC1CCC(=O)O. The number of carboxylic acids is 1. The standard InChI is InChI=1S/C9H11N2O5P/c1-17-16-4-6(12)11-8-5(10-9(8)15)2-3-7(13)14/h1,5,8H,2-4H2,(H2-,10,11,12,13,14,15)/p+1. The molecule has 1 saturated heterocycles. The number of hydrogen-bond acceptors (Lipinski definition) is 4. The van der Waals surface area contributed by atoms with Crippen molar-refractivity contribution in [3.05, 3.63) is 0 Å². The summed E-state index contributed by atoms with van der Waals surface area (Å²) in [4.78, 5) is 32.8. The van der Waals surface area contributed by atoms with E-state index in [1.165, 1.54) is 0 Å². The third-order valence-electron chi connectivity index (χ3n) is 2.27. The van der Waals surface area contributed by atoms with E-state index in [1.807, 2.05) is 0 Å². The molecule has 2 amide bonds. The number of carbonyl (C=O) groups is 3. The second-order valence-electron chi connectivity index (χ2n) is 3.47. The monoisotopic (exact) mass is 259 g/mol. The molecule has 92 valence electrons. The minimum atomic E-state index is -0.943. The van der Waals surface area contributed by atoms with Gasteiger partial charge in [-0.2, -0.15) is 0 Å². The van der Waals surface area contributed by atoms with Crippen molar-refractivity contribution in [1.82, 2.24) is 10.6 Å². The summed E-state index contributed by atoms with van der Waals surface area (Å²) in [7, 11) is 0.135. The fraction of sp³-hybridized carbons (Fsp3) is 0.556. The van der Waals surface area contributed by atoms with Gasteiger partial charge in [0.1, 0.15) is 0 Å². The van der Waals surface area contributed by atoms with Gasteiger partial charge in [0.05, 0.1) is 0 Å². The molecule has 1 aliphatic heterocycles. The molecule has 2 atom stereocenters. The molecule has 17 heavy (non-hydrogen) atoms. The molecule has 1 heterocycles. The molecule has 0 bridgehead atoms. The van der Waals surface area contributed by atoms with Crippen LogP contribution in [0.25, 0.3) is 0 Å². The quantitative estimate of drug-likeness (QED) is 0.432. The Kier molecular flexibility index (Phi) is 5.10. The summed E-state index contributed by atoms with van der Waals surface area (Å²) >= 11 is 0. The number of amides is 2. The fourth-order valence-electron chi connectivity index (χ4n) is 1.44. The van der Waals surface area contributed by atoms with Crippen molar-refractivity contribution in [2.45, 2.75) is 24.9 Å². The van der Waals surface area contributed by atoms with E-state index in [0.717, 1.165) is 0 Å². The first-order chi connectivity index (χ1) is 8.04. The third-order valence-corrected chi connectivity index (χ3v) is 2.55. The van der Waals surface area contributed by atoms with Crippen molar-refractivity contribution in [3.8, 4) is 6.13 Å². The normalized spacial score (nSPS) is 22.2. The molecule has 0 radical (unpaired) electrons. The van der Waals surface area contributed by atoms with Crippen LogP contribution in [0.15, 0.2) is 0 Å². The number of hydrogen-bond donors (Lipinski definition) is 3. The molecular formula is C9H12N2O5P+. The van der Waals surface area contributed by atoms with Crippen LogP contribution in [-0.2, 0) is 18.9 Å². The van der Waals surface area contributed by atoms with Gasteiger partial charge in [0.15, 0.2) is 0 Å². The van der Waals surface area contributed by atoms with E-state index in [2.05, 4.69) is 15.2 Å². The number of carbonyl (C=O) groups excluding carboxylic acids is 2. The van der Waals surface area contributed by atoms with Gasteiger partial charge < -0.3 is 0 Å². The van der Waals surface area contributed by atoms with Gasteiger partial charge in [-0.15, -0.1) is 0 Å². The number of rotatable bonds is 6. The van der Waals surface area contributed by atoms with Crippen LogP contribution in [0.3, 0.4) is 0 Å². The van der Waals surface area contributed by atoms with E-state index in [0.29, 0.717) is 0 Å². The molecule has 0 spiro atoms. The van der Waals surface area contributed by atoms with E-state index in [4.69, 9.17) is 11.2 Å². The van der Waals surface area contributed by atoms with E-state index in [-0.39, 0.29) is 39.7 Å². The molecule has 7 nitrogen and oxygen atoms in total. The number of nitrogens with one attached hydrogen (secondary N) is 2. The van der Waals surface area contributed by atoms with Crippen LogP contribution in [0.1, 0.15) is 12.8 Å². The number of carboxylic acid groups (broad SMARTS) is 1. The van der Waals surface area contributed by atoms with Gasteiger partial charge in [0.25, 0.3) is 0 Å². The van der Waals surface area contributed by atoms with E-state index < -0.39 is 17.9 Å². The van der Waals surface area contributed by atoms with Crippen LogP contribution < -0.4 is 10.6 Å². The Hall–Kier alpha value is -1.42. The van der Waals surface area contributed by atoms with Gasteiger partial charge in [-0.05, 0) is 0 Å². The Labute approximate surface area is 99.1 Å². The maximum atomic E-state index is 11.2. The second-order valence-corrected chi connectivity index (χ2v) is 3.94. The zero-order chi connectivity index (χ0) is 12.8. The molecule has 0 aromatic heterocycles. The van der Waals surface area contributed by atoms with Crippen molar-refractivity contribution in [2.24, 2.45) is 0 Å². The summed E-state index contributed by atoms with van der Waals surface area (Å²) in [5.74, 6) is -1.72. The van der Waals surface area contributed by atoms with Crippen LogP contribution in [-0.4, -0.2) is 41.6 Å².